The lowest BCUT2D eigenvalue weighted by Crippen LogP contribution is -2.20. The number of hydrogen-bond donors (Lipinski definition) is 1. The summed E-state index contributed by atoms with van der Waals surface area (Å²) in [6.45, 7) is 7.63. The normalized spacial score (nSPS) is 24.5. The summed E-state index contributed by atoms with van der Waals surface area (Å²) in [7, 11) is 0. The number of nitrogens with zero attached hydrogens (tertiary/aromatic N) is 2. The summed E-state index contributed by atoms with van der Waals surface area (Å²) in [5.74, 6) is 1.08. The van der Waals surface area contributed by atoms with Gasteiger partial charge in [-0.3, -0.25) is 10.1 Å². The van der Waals surface area contributed by atoms with Crippen molar-refractivity contribution >= 4 is 11.4 Å². The SMILES string of the molecule is CC(O)c1ccc(N2CC(C)C(C)C2)c([N+](=O)[O-])c1. The largest absolute Gasteiger partial charge is 0.389 e. The Kier molecular flexibility index (Phi) is 3.75. The highest BCUT2D eigenvalue weighted by Gasteiger charge is 2.30. The molecule has 1 aliphatic heterocycles. The Labute approximate surface area is 113 Å². The maximum absolute atomic E-state index is 11.2. The maximum atomic E-state index is 11.2. The van der Waals surface area contributed by atoms with Crippen LogP contribution in [0.2, 0.25) is 0 Å². The molecule has 0 aromatic heterocycles. The van der Waals surface area contributed by atoms with Crippen LogP contribution in [0, 0.1) is 22.0 Å². The molecule has 3 atom stereocenters. The Hall–Kier alpha value is -1.62. The predicted molar refractivity (Wildman–Crippen MR) is 74.3 cm³/mol. The third-order valence-electron chi connectivity index (χ3n) is 4.01. The van der Waals surface area contributed by atoms with Gasteiger partial charge in [-0.15, -0.1) is 0 Å². The summed E-state index contributed by atoms with van der Waals surface area (Å²) in [6.07, 6.45) is -0.691. The first kappa shape index (κ1) is 13.8. The van der Waals surface area contributed by atoms with Crippen LogP contribution in [0.5, 0.6) is 0 Å². The smallest absolute Gasteiger partial charge is 0.292 e. The molecule has 2 rings (SSSR count). The molecule has 104 valence electrons. The molecule has 0 amide bonds. The van der Waals surface area contributed by atoms with Crippen molar-refractivity contribution in [2.24, 2.45) is 11.8 Å². The van der Waals surface area contributed by atoms with Crippen molar-refractivity contribution in [3.8, 4) is 0 Å². The second-order valence-electron chi connectivity index (χ2n) is 5.54. The van der Waals surface area contributed by atoms with Gasteiger partial charge >= 0.3 is 0 Å². The van der Waals surface area contributed by atoms with Crippen molar-refractivity contribution < 1.29 is 10.0 Å². The molecule has 1 fully saturated rings. The van der Waals surface area contributed by atoms with Gasteiger partial charge in [-0.1, -0.05) is 19.9 Å². The van der Waals surface area contributed by atoms with Crippen LogP contribution in [0.15, 0.2) is 18.2 Å². The molecule has 0 spiro atoms. The lowest BCUT2D eigenvalue weighted by atomic mass is 10.0. The lowest BCUT2D eigenvalue weighted by molar-refractivity contribution is -0.384. The second kappa shape index (κ2) is 5.17. The van der Waals surface area contributed by atoms with Gasteiger partial charge in [0.05, 0.1) is 11.0 Å². The van der Waals surface area contributed by atoms with Gasteiger partial charge in [0, 0.05) is 19.2 Å². The molecule has 1 aromatic carbocycles. The highest BCUT2D eigenvalue weighted by Crippen LogP contribution is 2.35. The van der Waals surface area contributed by atoms with Crippen molar-refractivity contribution in [1.29, 1.82) is 0 Å². The fourth-order valence-corrected chi connectivity index (χ4v) is 2.54. The van der Waals surface area contributed by atoms with Crippen LogP contribution in [0.1, 0.15) is 32.4 Å². The number of nitro groups is 1. The van der Waals surface area contributed by atoms with Gasteiger partial charge in [-0.25, -0.2) is 0 Å². The van der Waals surface area contributed by atoms with E-state index in [1.165, 1.54) is 6.07 Å². The first-order valence-electron chi connectivity index (χ1n) is 6.61. The number of anilines is 1. The summed E-state index contributed by atoms with van der Waals surface area (Å²) in [5, 5.41) is 20.7. The maximum Gasteiger partial charge on any atom is 0.292 e. The molecular weight excluding hydrogens is 244 g/mol. The van der Waals surface area contributed by atoms with E-state index in [0.29, 0.717) is 23.1 Å². The van der Waals surface area contributed by atoms with Gasteiger partial charge in [0.1, 0.15) is 5.69 Å². The Bertz CT molecular complexity index is 478. The molecule has 1 aromatic rings. The molecule has 3 unspecified atom stereocenters. The van der Waals surface area contributed by atoms with Gasteiger partial charge in [-0.2, -0.15) is 0 Å². The van der Waals surface area contributed by atoms with Gasteiger partial charge in [0.15, 0.2) is 0 Å². The average molecular weight is 264 g/mol. The van der Waals surface area contributed by atoms with Crippen LogP contribution >= 0.6 is 0 Å². The molecule has 1 heterocycles. The summed E-state index contributed by atoms with van der Waals surface area (Å²) < 4.78 is 0. The molecule has 0 bridgehead atoms. The zero-order valence-electron chi connectivity index (χ0n) is 11.5. The Morgan fingerprint density at radius 1 is 1.37 bits per heavy atom. The van der Waals surface area contributed by atoms with Crippen LogP contribution in [0.25, 0.3) is 0 Å². The number of aliphatic hydroxyl groups excluding tert-OH is 1. The van der Waals surface area contributed by atoms with Crippen LogP contribution < -0.4 is 4.90 Å². The lowest BCUT2D eigenvalue weighted by Gasteiger charge is -2.19. The fourth-order valence-electron chi connectivity index (χ4n) is 2.54. The van der Waals surface area contributed by atoms with E-state index in [-0.39, 0.29) is 10.6 Å². The minimum absolute atomic E-state index is 0.0831. The molecule has 19 heavy (non-hydrogen) atoms. The molecule has 0 saturated carbocycles. The van der Waals surface area contributed by atoms with Crippen LogP contribution in [0.3, 0.4) is 0 Å². The van der Waals surface area contributed by atoms with Gasteiger partial charge < -0.3 is 10.0 Å². The first-order valence-corrected chi connectivity index (χ1v) is 6.61. The molecular formula is C14H20N2O3. The van der Waals surface area contributed by atoms with Gasteiger partial charge in [-0.05, 0) is 30.4 Å². The van der Waals surface area contributed by atoms with Crippen LogP contribution in [-0.2, 0) is 0 Å². The van der Waals surface area contributed by atoms with Crippen molar-refractivity contribution in [2.45, 2.75) is 26.9 Å². The van der Waals surface area contributed by atoms with E-state index in [1.807, 2.05) is 0 Å². The van der Waals surface area contributed by atoms with E-state index in [9.17, 15) is 15.2 Å². The Morgan fingerprint density at radius 3 is 2.42 bits per heavy atom. The third kappa shape index (κ3) is 2.71. The Morgan fingerprint density at radius 2 is 1.95 bits per heavy atom. The highest BCUT2D eigenvalue weighted by molar-refractivity contribution is 5.65. The standard InChI is InChI=1S/C14H20N2O3/c1-9-7-15(8-10(9)2)13-5-4-12(11(3)17)6-14(13)16(18)19/h4-6,9-11,17H,7-8H2,1-3H3. The van der Waals surface area contributed by atoms with Gasteiger partial charge in [0.25, 0.3) is 5.69 Å². The van der Waals surface area contributed by atoms with Crippen molar-refractivity contribution in [3.05, 3.63) is 33.9 Å². The third-order valence-corrected chi connectivity index (χ3v) is 4.01. The fraction of sp³-hybridized carbons (Fsp3) is 0.571. The van der Waals surface area contributed by atoms with Crippen molar-refractivity contribution in [2.75, 3.05) is 18.0 Å². The first-order chi connectivity index (χ1) is 8.90. The van der Waals surface area contributed by atoms with Crippen LogP contribution in [0.4, 0.5) is 11.4 Å². The van der Waals surface area contributed by atoms with E-state index in [2.05, 4.69) is 18.7 Å². The van der Waals surface area contributed by atoms with Crippen molar-refractivity contribution in [1.82, 2.24) is 0 Å². The predicted octanol–water partition coefficient (Wildman–Crippen LogP) is 2.74. The van der Waals surface area contributed by atoms with E-state index in [0.717, 1.165) is 13.1 Å². The summed E-state index contributed by atoms with van der Waals surface area (Å²) in [4.78, 5) is 12.9. The molecule has 1 aliphatic rings. The quantitative estimate of drug-likeness (QED) is 0.673. The van der Waals surface area contributed by atoms with Crippen molar-refractivity contribution in [3.63, 3.8) is 0 Å². The number of nitro benzene ring substituents is 1. The Balaban J connectivity index is 2.38. The topological polar surface area (TPSA) is 66.6 Å². The number of aliphatic hydroxyl groups is 1. The summed E-state index contributed by atoms with van der Waals surface area (Å²) in [5.41, 5.74) is 1.32. The number of hydrogen-bond acceptors (Lipinski definition) is 4. The number of rotatable bonds is 3. The van der Waals surface area contributed by atoms with E-state index in [1.54, 1.807) is 19.1 Å². The molecule has 1 saturated heterocycles. The zero-order chi connectivity index (χ0) is 14.2. The molecule has 5 nitrogen and oxygen atoms in total. The summed E-state index contributed by atoms with van der Waals surface area (Å²) in [6, 6.07) is 5.00. The zero-order valence-corrected chi connectivity index (χ0v) is 11.5. The van der Waals surface area contributed by atoms with E-state index >= 15 is 0 Å². The molecule has 5 heteroatoms. The summed E-state index contributed by atoms with van der Waals surface area (Å²) >= 11 is 0. The average Bonchev–Trinajstić information content (AvgIpc) is 2.68. The second-order valence-corrected chi connectivity index (χ2v) is 5.54. The monoisotopic (exact) mass is 264 g/mol. The minimum atomic E-state index is -0.691. The number of benzene rings is 1. The van der Waals surface area contributed by atoms with E-state index < -0.39 is 6.10 Å². The molecule has 1 N–H and O–H groups in total. The highest BCUT2D eigenvalue weighted by atomic mass is 16.6. The minimum Gasteiger partial charge on any atom is -0.389 e. The molecule has 0 radical (unpaired) electrons. The molecule has 0 aliphatic carbocycles. The van der Waals surface area contributed by atoms with E-state index in [4.69, 9.17) is 0 Å². The van der Waals surface area contributed by atoms with Gasteiger partial charge in [0.2, 0.25) is 0 Å². The van der Waals surface area contributed by atoms with Crippen LogP contribution in [-0.4, -0.2) is 23.1 Å².